The van der Waals surface area contributed by atoms with Crippen molar-refractivity contribution in [2.45, 2.75) is 6.18 Å². The predicted molar refractivity (Wildman–Crippen MR) is 66.7 cm³/mol. The van der Waals surface area contributed by atoms with Gasteiger partial charge in [0, 0.05) is 6.20 Å². The van der Waals surface area contributed by atoms with Crippen molar-refractivity contribution < 1.29 is 17.6 Å². The average Bonchev–Trinajstić information content (AvgIpc) is 2.83. The summed E-state index contributed by atoms with van der Waals surface area (Å²) >= 11 is 0. The van der Waals surface area contributed by atoms with E-state index in [2.05, 4.69) is 9.97 Å². The van der Waals surface area contributed by atoms with Crippen molar-refractivity contribution in [3.63, 3.8) is 0 Å². The van der Waals surface area contributed by atoms with Crippen molar-refractivity contribution in [3.8, 4) is 11.6 Å². The molecule has 0 saturated carbocycles. The highest BCUT2D eigenvalue weighted by Gasteiger charge is 2.30. The molecule has 0 amide bonds. The van der Waals surface area contributed by atoms with Crippen LogP contribution in [0.2, 0.25) is 0 Å². The number of halogens is 3. The van der Waals surface area contributed by atoms with Crippen LogP contribution in [-0.2, 0) is 6.18 Å². The molecule has 7 heteroatoms. The first kappa shape index (κ1) is 12.5. The van der Waals surface area contributed by atoms with E-state index >= 15 is 0 Å². The van der Waals surface area contributed by atoms with E-state index in [9.17, 15) is 13.2 Å². The topological polar surface area (TPSA) is 64.9 Å². The van der Waals surface area contributed by atoms with Crippen molar-refractivity contribution in [1.82, 2.24) is 9.97 Å². The van der Waals surface area contributed by atoms with Gasteiger partial charge in [-0.1, -0.05) is 6.07 Å². The first-order valence-corrected chi connectivity index (χ1v) is 5.64. The molecule has 2 aromatic heterocycles. The molecule has 0 aliphatic carbocycles. The third-order valence-corrected chi connectivity index (χ3v) is 2.76. The van der Waals surface area contributed by atoms with Crippen LogP contribution in [0.25, 0.3) is 22.7 Å². The summed E-state index contributed by atoms with van der Waals surface area (Å²) in [6.45, 7) is 0. The molecule has 0 aliphatic heterocycles. The summed E-state index contributed by atoms with van der Waals surface area (Å²) in [5.74, 6) is 0.131. The Kier molecular flexibility index (Phi) is 2.63. The molecule has 2 heterocycles. The molecule has 0 radical (unpaired) electrons. The fourth-order valence-electron chi connectivity index (χ4n) is 1.77. The standard InChI is InChI=1S/C13H8F3N3O/c14-13(15,16)7-4-5-9(18-6-7)12-19-11-8(17)2-1-3-10(11)20-12/h1-6H,17H2. The van der Waals surface area contributed by atoms with Gasteiger partial charge in [0.2, 0.25) is 5.89 Å². The molecule has 0 atom stereocenters. The van der Waals surface area contributed by atoms with Crippen LogP contribution in [0.1, 0.15) is 5.56 Å². The SMILES string of the molecule is Nc1cccc2oc(-c3ccc(C(F)(F)F)cn3)nc12. The van der Waals surface area contributed by atoms with Crippen molar-refractivity contribution in [2.75, 3.05) is 5.73 Å². The fraction of sp³-hybridized carbons (Fsp3) is 0.0769. The average molecular weight is 279 g/mol. The molecule has 0 unspecified atom stereocenters. The number of anilines is 1. The summed E-state index contributed by atoms with van der Waals surface area (Å²) in [6.07, 6.45) is -3.68. The van der Waals surface area contributed by atoms with E-state index in [0.29, 0.717) is 16.8 Å². The van der Waals surface area contributed by atoms with Crippen molar-refractivity contribution in [3.05, 3.63) is 42.1 Å². The number of nitrogens with zero attached hydrogens (tertiary/aromatic N) is 2. The molecule has 102 valence electrons. The van der Waals surface area contributed by atoms with Gasteiger partial charge < -0.3 is 10.2 Å². The van der Waals surface area contributed by atoms with Gasteiger partial charge in [-0.3, -0.25) is 4.98 Å². The number of aromatic nitrogens is 2. The van der Waals surface area contributed by atoms with E-state index in [1.54, 1.807) is 18.2 Å². The Morgan fingerprint density at radius 2 is 1.90 bits per heavy atom. The molecule has 0 spiro atoms. The van der Waals surface area contributed by atoms with E-state index in [4.69, 9.17) is 10.2 Å². The Balaban J connectivity index is 2.05. The Morgan fingerprint density at radius 1 is 1.10 bits per heavy atom. The first-order valence-electron chi connectivity index (χ1n) is 5.64. The van der Waals surface area contributed by atoms with E-state index in [0.717, 1.165) is 12.3 Å². The second-order valence-corrected chi connectivity index (χ2v) is 4.14. The molecule has 0 aliphatic rings. The van der Waals surface area contributed by atoms with Crippen LogP contribution >= 0.6 is 0 Å². The number of hydrogen-bond acceptors (Lipinski definition) is 4. The largest absolute Gasteiger partial charge is 0.435 e. The van der Waals surface area contributed by atoms with E-state index in [-0.39, 0.29) is 11.6 Å². The molecular weight excluding hydrogens is 271 g/mol. The molecule has 4 nitrogen and oxygen atoms in total. The molecule has 2 N–H and O–H groups in total. The van der Waals surface area contributed by atoms with Crippen molar-refractivity contribution >= 4 is 16.8 Å². The Labute approximate surface area is 111 Å². The van der Waals surface area contributed by atoms with Crippen LogP contribution < -0.4 is 5.73 Å². The number of fused-ring (bicyclic) bond motifs is 1. The summed E-state index contributed by atoms with van der Waals surface area (Å²) in [6, 6.07) is 7.18. The second-order valence-electron chi connectivity index (χ2n) is 4.14. The van der Waals surface area contributed by atoms with Gasteiger partial charge in [-0.15, -0.1) is 0 Å². The number of oxazole rings is 1. The number of benzene rings is 1. The van der Waals surface area contributed by atoms with Crippen LogP contribution in [0.4, 0.5) is 18.9 Å². The number of rotatable bonds is 1. The summed E-state index contributed by atoms with van der Waals surface area (Å²) in [7, 11) is 0. The van der Waals surface area contributed by atoms with E-state index in [1.165, 1.54) is 6.07 Å². The van der Waals surface area contributed by atoms with Gasteiger partial charge in [0.15, 0.2) is 5.58 Å². The minimum atomic E-state index is -4.42. The van der Waals surface area contributed by atoms with E-state index in [1.807, 2.05) is 0 Å². The minimum absolute atomic E-state index is 0.131. The molecule has 3 aromatic rings. The zero-order valence-corrected chi connectivity index (χ0v) is 9.98. The normalized spacial score (nSPS) is 11.9. The maximum atomic E-state index is 12.4. The lowest BCUT2D eigenvalue weighted by atomic mass is 10.2. The summed E-state index contributed by atoms with van der Waals surface area (Å²) in [5.41, 5.74) is 6.49. The van der Waals surface area contributed by atoms with Gasteiger partial charge in [-0.05, 0) is 24.3 Å². The highest BCUT2D eigenvalue weighted by molar-refractivity contribution is 5.86. The summed E-state index contributed by atoms with van der Waals surface area (Å²) in [5, 5.41) is 0. The third kappa shape index (κ3) is 2.07. The first-order chi connectivity index (χ1) is 9.45. The maximum Gasteiger partial charge on any atom is 0.417 e. The number of nitrogens with two attached hydrogens (primary N) is 1. The number of hydrogen-bond donors (Lipinski definition) is 1. The third-order valence-electron chi connectivity index (χ3n) is 2.76. The zero-order valence-electron chi connectivity index (χ0n) is 9.98. The van der Waals surface area contributed by atoms with Gasteiger partial charge in [-0.2, -0.15) is 13.2 Å². The lowest BCUT2D eigenvalue weighted by Gasteiger charge is -2.05. The number of pyridine rings is 1. The van der Waals surface area contributed by atoms with Gasteiger partial charge >= 0.3 is 6.18 Å². The van der Waals surface area contributed by atoms with E-state index < -0.39 is 11.7 Å². The Bertz CT molecular complexity index is 763. The highest BCUT2D eigenvalue weighted by atomic mass is 19.4. The molecule has 3 rings (SSSR count). The van der Waals surface area contributed by atoms with Crippen molar-refractivity contribution in [1.29, 1.82) is 0 Å². The smallest absolute Gasteiger partial charge is 0.417 e. The second kappa shape index (κ2) is 4.22. The lowest BCUT2D eigenvalue weighted by molar-refractivity contribution is -0.137. The summed E-state index contributed by atoms with van der Waals surface area (Å²) in [4.78, 5) is 7.86. The van der Waals surface area contributed by atoms with Crippen LogP contribution in [0.3, 0.4) is 0 Å². The zero-order chi connectivity index (χ0) is 14.3. The molecule has 0 saturated heterocycles. The predicted octanol–water partition coefficient (Wildman–Crippen LogP) is 3.49. The fourth-order valence-corrected chi connectivity index (χ4v) is 1.77. The van der Waals surface area contributed by atoms with Gasteiger partial charge in [0.25, 0.3) is 0 Å². The number of para-hydroxylation sites is 1. The lowest BCUT2D eigenvalue weighted by Crippen LogP contribution is -2.05. The molecular formula is C13H8F3N3O. The monoisotopic (exact) mass is 279 g/mol. The quantitative estimate of drug-likeness (QED) is 0.692. The van der Waals surface area contributed by atoms with Crippen LogP contribution in [0.15, 0.2) is 40.9 Å². The van der Waals surface area contributed by atoms with Crippen LogP contribution in [0, 0.1) is 0 Å². The maximum absolute atomic E-state index is 12.4. The highest BCUT2D eigenvalue weighted by Crippen LogP contribution is 2.30. The molecule has 0 fully saturated rings. The number of nitrogen functional groups attached to an aromatic ring is 1. The van der Waals surface area contributed by atoms with Gasteiger partial charge in [-0.25, -0.2) is 4.98 Å². The Morgan fingerprint density at radius 3 is 2.50 bits per heavy atom. The van der Waals surface area contributed by atoms with Crippen LogP contribution in [0.5, 0.6) is 0 Å². The minimum Gasteiger partial charge on any atom is -0.435 e. The van der Waals surface area contributed by atoms with Gasteiger partial charge in [0.05, 0.1) is 11.3 Å². The van der Waals surface area contributed by atoms with Crippen LogP contribution in [-0.4, -0.2) is 9.97 Å². The molecule has 20 heavy (non-hydrogen) atoms. The van der Waals surface area contributed by atoms with Crippen molar-refractivity contribution in [2.24, 2.45) is 0 Å². The summed E-state index contributed by atoms with van der Waals surface area (Å²) < 4.78 is 42.8. The van der Waals surface area contributed by atoms with Gasteiger partial charge in [0.1, 0.15) is 11.2 Å². The molecule has 0 bridgehead atoms. The number of alkyl halides is 3. The molecule has 1 aromatic carbocycles. The Hall–Kier alpha value is -2.57.